The Hall–Kier alpha value is -1.59. The smallest absolute Gasteiger partial charge is 0.0866 e. The van der Waals surface area contributed by atoms with E-state index in [9.17, 15) is 5.26 Å². The largest absolute Gasteiger partial charge is 0.197 e. The summed E-state index contributed by atoms with van der Waals surface area (Å²) in [5, 5.41) is 9.75. The highest BCUT2D eigenvalue weighted by atomic mass is 79.9. The molecule has 0 radical (unpaired) electrons. The molecule has 2 heteroatoms. The first-order chi connectivity index (χ1) is 9.23. The maximum Gasteiger partial charge on any atom is 0.0866 e. The molecule has 0 amide bonds. The molecule has 2 aromatic carbocycles. The van der Waals surface area contributed by atoms with Gasteiger partial charge in [-0.25, -0.2) is 0 Å². The van der Waals surface area contributed by atoms with Crippen molar-refractivity contribution in [1.82, 2.24) is 0 Å². The minimum absolute atomic E-state index is 0.377. The van der Waals surface area contributed by atoms with Gasteiger partial charge in [-0.2, -0.15) is 5.26 Å². The van der Waals surface area contributed by atoms with Gasteiger partial charge in [0, 0.05) is 4.47 Å². The first-order valence-electron chi connectivity index (χ1n) is 6.48. The van der Waals surface area contributed by atoms with Crippen molar-refractivity contribution in [2.75, 3.05) is 0 Å². The number of hydrogen-bond acceptors (Lipinski definition) is 1. The summed E-state index contributed by atoms with van der Waals surface area (Å²) in [5.74, 6) is 0. The average molecular weight is 312 g/mol. The SMILES string of the molecule is N#CC1(c2cccc(Br)c2)CCc2ccccc2C1. The second kappa shape index (κ2) is 4.83. The predicted octanol–water partition coefficient (Wildman–Crippen LogP) is 4.40. The summed E-state index contributed by atoms with van der Waals surface area (Å²) in [4.78, 5) is 0. The average Bonchev–Trinajstić information content (AvgIpc) is 2.46. The van der Waals surface area contributed by atoms with E-state index in [2.05, 4.69) is 58.4 Å². The molecule has 0 spiro atoms. The minimum Gasteiger partial charge on any atom is -0.197 e. The van der Waals surface area contributed by atoms with E-state index < -0.39 is 0 Å². The molecule has 0 aromatic heterocycles. The second-order valence-electron chi connectivity index (χ2n) is 5.15. The fourth-order valence-corrected chi connectivity index (χ4v) is 3.33. The first kappa shape index (κ1) is 12.4. The van der Waals surface area contributed by atoms with Gasteiger partial charge in [-0.15, -0.1) is 0 Å². The molecule has 0 bridgehead atoms. The number of fused-ring (bicyclic) bond motifs is 1. The molecule has 1 aliphatic rings. The number of benzene rings is 2. The number of hydrogen-bond donors (Lipinski definition) is 0. The van der Waals surface area contributed by atoms with Crippen molar-refractivity contribution in [2.24, 2.45) is 0 Å². The van der Waals surface area contributed by atoms with Crippen LogP contribution in [0.15, 0.2) is 53.0 Å². The summed E-state index contributed by atoms with van der Waals surface area (Å²) in [7, 11) is 0. The second-order valence-corrected chi connectivity index (χ2v) is 6.07. The Morgan fingerprint density at radius 1 is 1.05 bits per heavy atom. The van der Waals surface area contributed by atoms with Gasteiger partial charge < -0.3 is 0 Å². The van der Waals surface area contributed by atoms with Gasteiger partial charge in [0.1, 0.15) is 0 Å². The predicted molar refractivity (Wildman–Crippen MR) is 79.9 cm³/mol. The Labute approximate surface area is 122 Å². The third kappa shape index (κ3) is 2.19. The van der Waals surface area contributed by atoms with Crippen molar-refractivity contribution in [1.29, 1.82) is 5.26 Å². The maximum atomic E-state index is 9.75. The van der Waals surface area contributed by atoms with Crippen LogP contribution in [-0.4, -0.2) is 0 Å². The maximum absolute atomic E-state index is 9.75. The van der Waals surface area contributed by atoms with Crippen molar-refractivity contribution in [3.8, 4) is 6.07 Å². The molecular formula is C17H14BrN. The molecule has 1 nitrogen and oxygen atoms in total. The van der Waals surface area contributed by atoms with Crippen LogP contribution in [-0.2, 0) is 18.3 Å². The molecule has 1 aliphatic carbocycles. The summed E-state index contributed by atoms with van der Waals surface area (Å²) >= 11 is 3.50. The van der Waals surface area contributed by atoms with Gasteiger partial charge in [0.25, 0.3) is 0 Å². The highest BCUT2D eigenvalue weighted by molar-refractivity contribution is 9.10. The molecule has 1 atom stereocenters. The van der Waals surface area contributed by atoms with Gasteiger partial charge in [0.2, 0.25) is 0 Å². The Morgan fingerprint density at radius 3 is 2.58 bits per heavy atom. The standard InChI is InChI=1S/C17H14BrN/c18-16-7-3-6-15(10-16)17(12-19)9-8-13-4-1-2-5-14(13)11-17/h1-7,10H,8-9,11H2. The zero-order chi connectivity index (χ0) is 13.3. The van der Waals surface area contributed by atoms with Crippen LogP contribution >= 0.6 is 15.9 Å². The summed E-state index contributed by atoms with van der Waals surface area (Å²) in [6.45, 7) is 0. The Kier molecular flexibility index (Phi) is 3.16. The molecule has 0 fully saturated rings. The van der Waals surface area contributed by atoms with Crippen LogP contribution in [0.2, 0.25) is 0 Å². The van der Waals surface area contributed by atoms with Crippen LogP contribution in [0, 0.1) is 11.3 Å². The zero-order valence-electron chi connectivity index (χ0n) is 10.6. The molecule has 0 aliphatic heterocycles. The zero-order valence-corrected chi connectivity index (χ0v) is 12.2. The van der Waals surface area contributed by atoms with E-state index in [-0.39, 0.29) is 5.41 Å². The topological polar surface area (TPSA) is 23.8 Å². The van der Waals surface area contributed by atoms with Crippen LogP contribution in [0.1, 0.15) is 23.1 Å². The lowest BCUT2D eigenvalue weighted by molar-refractivity contribution is 0.472. The number of nitriles is 1. The van der Waals surface area contributed by atoms with Crippen molar-refractivity contribution >= 4 is 15.9 Å². The molecule has 0 saturated heterocycles. The highest BCUT2D eigenvalue weighted by Gasteiger charge is 2.36. The molecule has 0 heterocycles. The van der Waals surface area contributed by atoms with Gasteiger partial charge >= 0.3 is 0 Å². The lowest BCUT2D eigenvalue weighted by atomic mass is 9.68. The summed E-state index contributed by atoms with van der Waals surface area (Å²) in [6.07, 6.45) is 2.70. The number of nitrogens with zero attached hydrogens (tertiary/aromatic N) is 1. The van der Waals surface area contributed by atoms with Crippen LogP contribution < -0.4 is 0 Å². The fraction of sp³-hybridized carbons (Fsp3) is 0.235. The summed E-state index contributed by atoms with van der Waals surface area (Å²) < 4.78 is 1.04. The van der Waals surface area contributed by atoms with Crippen LogP contribution in [0.5, 0.6) is 0 Å². The van der Waals surface area contributed by atoms with Crippen molar-refractivity contribution in [3.05, 3.63) is 69.7 Å². The van der Waals surface area contributed by atoms with Crippen molar-refractivity contribution < 1.29 is 0 Å². The van der Waals surface area contributed by atoms with Gasteiger partial charge in [0.15, 0.2) is 0 Å². The molecule has 94 valence electrons. The summed E-state index contributed by atoms with van der Waals surface area (Å²) in [6, 6.07) is 19.2. The van der Waals surface area contributed by atoms with E-state index in [0.717, 1.165) is 29.3 Å². The molecule has 0 saturated carbocycles. The Bertz CT molecular complexity index is 656. The molecule has 1 unspecified atom stereocenters. The highest BCUT2D eigenvalue weighted by Crippen LogP contribution is 2.38. The van der Waals surface area contributed by atoms with Crippen LogP contribution in [0.25, 0.3) is 0 Å². The van der Waals surface area contributed by atoms with E-state index in [4.69, 9.17) is 0 Å². The lowest BCUT2D eigenvalue weighted by Gasteiger charge is -2.32. The molecule has 19 heavy (non-hydrogen) atoms. The Morgan fingerprint density at radius 2 is 1.84 bits per heavy atom. The van der Waals surface area contributed by atoms with E-state index in [1.54, 1.807) is 0 Å². The van der Waals surface area contributed by atoms with Gasteiger partial charge in [0.05, 0.1) is 11.5 Å². The van der Waals surface area contributed by atoms with Crippen molar-refractivity contribution in [2.45, 2.75) is 24.7 Å². The van der Waals surface area contributed by atoms with Crippen LogP contribution in [0.3, 0.4) is 0 Å². The lowest BCUT2D eigenvalue weighted by Crippen LogP contribution is -2.31. The normalized spacial score (nSPS) is 21.5. The van der Waals surface area contributed by atoms with E-state index in [1.165, 1.54) is 11.1 Å². The third-order valence-electron chi connectivity index (χ3n) is 4.02. The van der Waals surface area contributed by atoms with E-state index in [1.807, 2.05) is 12.1 Å². The van der Waals surface area contributed by atoms with Crippen LogP contribution in [0.4, 0.5) is 0 Å². The summed E-state index contributed by atoms with van der Waals surface area (Å²) in [5.41, 5.74) is 3.45. The van der Waals surface area contributed by atoms with Gasteiger partial charge in [-0.3, -0.25) is 0 Å². The van der Waals surface area contributed by atoms with Crippen molar-refractivity contribution in [3.63, 3.8) is 0 Å². The molecular weight excluding hydrogens is 298 g/mol. The minimum atomic E-state index is -0.377. The number of rotatable bonds is 1. The van der Waals surface area contributed by atoms with Gasteiger partial charge in [-0.1, -0.05) is 52.3 Å². The number of aryl methyl sites for hydroxylation is 1. The molecule has 0 N–H and O–H groups in total. The van der Waals surface area contributed by atoms with E-state index in [0.29, 0.717) is 0 Å². The number of halogens is 1. The molecule has 3 rings (SSSR count). The quantitative estimate of drug-likeness (QED) is 0.765. The monoisotopic (exact) mass is 311 g/mol. The van der Waals surface area contributed by atoms with E-state index >= 15 is 0 Å². The Balaban J connectivity index is 2.06. The fourth-order valence-electron chi connectivity index (χ4n) is 2.93. The molecule has 2 aromatic rings. The van der Waals surface area contributed by atoms with Gasteiger partial charge in [-0.05, 0) is 48.1 Å². The third-order valence-corrected chi connectivity index (χ3v) is 4.52. The first-order valence-corrected chi connectivity index (χ1v) is 7.27.